The first-order chi connectivity index (χ1) is 14.5. The molecule has 0 aliphatic carbocycles. The molecule has 2 aromatic heterocycles. The van der Waals surface area contributed by atoms with E-state index in [1.807, 2.05) is 27.7 Å². The fourth-order valence-electron chi connectivity index (χ4n) is 2.58. The lowest BCUT2D eigenvalue weighted by molar-refractivity contribution is 0.363. The van der Waals surface area contributed by atoms with Gasteiger partial charge in [-0.05, 0) is 42.3 Å². The Morgan fingerprint density at radius 3 is 2.50 bits per heavy atom. The summed E-state index contributed by atoms with van der Waals surface area (Å²) in [6.45, 7) is 13.8. The van der Waals surface area contributed by atoms with E-state index in [2.05, 4.69) is 11.6 Å². The number of nitrogens with zero attached hydrogens (tertiary/aromatic N) is 1. The van der Waals surface area contributed by atoms with Gasteiger partial charge in [0.25, 0.3) is 0 Å². The Morgan fingerprint density at radius 1 is 1.23 bits per heavy atom. The Labute approximate surface area is 182 Å². The molecule has 5 nitrogen and oxygen atoms in total. The minimum atomic E-state index is -0.686. The van der Waals surface area contributed by atoms with Gasteiger partial charge in [0.2, 0.25) is 0 Å². The molecule has 0 unspecified atom stereocenters. The van der Waals surface area contributed by atoms with E-state index < -0.39 is 5.63 Å². The van der Waals surface area contributed by atoms with Crippen LogP contribution in [0.3, 0.4) is 0 Å². The molecule has 0 aliphatic heterocycles. The molecule has 0 atom stereocenters. The first-order valence-corrected chi connectivity index (χ1v) is 10.2. The number of halogens is 1. The highest BCUT2D eigenvalue weighted by molar-refractivity contribution is 6.34. The SMILES string of the molecule is C=CCOc1ccc(-c2c(O)c(Cl)c(-c3cccnc3)oc2=O)c(C)c1.CC.CC. The number of rotatable bonds is 5. The third-order valence-electron chi connectivity index (χ3n) is 3.80. The zero-order valence-electron chi connectivity index (χ0n) is 18.0. The molecule has 3 aromatic rings. The van der Waals surface area contributed by atoms with E-state index in [1.165, 1.54) is 6.20 Å². The average Bonchev–Trinajstić information content (AvgIpc) is 2.79. The van der Waals surface area contributed by atoms with Crippen molar-refractivity contribution in [1.29, 1.82) is 0 Å². The summed E-state index contributed by atoms with van der Waals surface area (Å²) in [4.78, 5) is 16.5. The molecule has 3 rings (SSSR count). The lowest BCUT2D eigenvalue weighted by Gasteiger charge is -2.12. The molecule has 2 heterocycles. The van der Waals surface area contributed by atoms with Crippen molar-refractivity contribution in [2.24, 2.45) is 0 Å². The molecule has 0 radical (unpaired) electrons. The number of hydrogen-bond donors (Lipinski definition) is 1. The van der Waals surface area contributed by atoms with Gasteiger partial charge in [0.15, 0.2) is 11.5 Å². The zero-order valence-corrected chi connectivity index (χ0v) is 18.8. The Balaban J connectivity index is 0.00000106. The highest BCUT2D eigenvalue weighted by atomic mass is 35.5. The molecule has 1 aromatic carbocycles. The fourth-order valence-corrected chi connectivity index (χ4v) is 2.83. The second kappa shape index (κ2) is 12.5. The number of aromatic hydroxyl groups is 1. The molecule has 1 N–H and O–H groups in total. The molecule has 160 valence electrons. The normalized spacial score (nSPS) is 9.53. The quantitative estimate of drug-likeness (QED) is 0.459. The average molecular weight is 430 g/mol. The minimum absolute atomic E-state index is 0.00964. The largest absolute Gasteiger partial charge is 0.505 e. The maximum absolute atomic E-state index is 12.5. The molecule has 0 amide bonds. The molecule has 0 fully saturated rings. The summed E-state index contributed by atoms with van der Waals surface area (Å²) in [5.41, 5.74) is 1.08. The van der Waals surface area contributed by atoms with Crippen LogP contribution in [0, 0.1) is 6.92 Å². The third kappa shape index (κ3) is 5.74. The Bertz CT molecular complexity index is 1010. The van der Waals surface area contributed by atoms with Crippen molar-refractivity contribution in [2.45, 2.75) is 34.6 Å². The van der Waals surface area contributed by atoms with Crippen LogP contribution in [-0.2, 0) is 0 Å². The van der Waals surface area contributed by atoms with E-state index in [0.717, 1.165) is 5.56 Å². The van der Waals surface area contributed by atoms with Gasteiger partial charge in [-0.3, -0.25) is 4.98 Å². The van der Waals surface area contributed by atoms with Gasteiger partial charge >= 0.3 is 5.63 Å². The molecule has 0 aliphatic rings. The van der Waals surface area contributed by atoms with Crippen LogP contribution in [0.2, 0.25) is 5.02 Å². The van der Waals surface area contributed by atoms with Gasteiger partial charge in [-0.2, -0.15) is 0 Å². The third-order valence-corrected chi connectivity index (χ3v) is 4.15. The summed E-state index contributed by atoms with van der Waals surface area (Å²) in [5, 5.41) is 10.5. The summed E-state index contributed by atoms with van der Waals surface area (Å²) < 4.78 is 10.9. The summed E-state index contributed by atoms with van der Waals surface area (Å²) in [6.07, 6.45) is 4.73. The Kier molecular flexibility index (Phi) is 10.4. The summed E-state index contributed by atoms with van der Waals surface area (Å²) in [5.74, 6) is 0.382. The molecular weight excluding hydrogens is 402 g/mol. The van der Waals surface area contributed by atoms with Gasteiger partial charge in [-0.25, -0.2) is 4.79 Å². The van der Waals surface area contributed by atoms with Crippen molar-refractivity contribution in [3.63, 3.8) is 0 Å². The van der Waals surface area contributed by atoms with E-state index in [9.17, 15) is 9.90 Å². The molecule has 6 heteroatoms. The first kappa shape index (κ1) is 25.0. The van der Waals surface area contributed by atoms with Gasteiger partial charge in [0.05, 0.1) is 0 Å². The van der Waals surface area contributed by atoms with Crippen LogP contribution in [0.1, 0.15) is 33.3 Å². The minimum Gasteiger partial charge on any atom is -0.505 e. The first-order valence-electron chi connectivity index (χ1n) is 9.83. The monoisotopic (exact) mass is 429 g/mol. The van der Waals surface area contributed by atoms with Crippen LogP contribution >= 0.6 is 11.6 Å². The van der Waals surface area contributed by atoms with Gasteiger partial charge in [0, 0.05) is 18.0 Å². The molecule has 30 heavy (non-hydrogen) atoms. The van der Waals surface area contributed by atoms with Crippen LogP contribution < -0.4 is 10.4 Å². The van der Waals surface area contributed by atoms with Crippen LogP contribution in [0.25, 0.3) is 22.5 Å². The van der Waals surface area contributed by atoms with E-state index in [-0.39, 0.29) is 22.1 Å². The highest BCUT2D eigenvalue weighted by Gasteiger charge is 2.22. The number of benzene rings is 1. The predicted octanol–water partition coefficient (Wildman–Crippen LogP) is 6.65. The van der Waals surface area contributed by atoms with Crippen LogP contribution in [0.5, 0.6) is 11.5 Å². The molecule has 0 spiro atoms. The Hall–Kier alpha value is -3.05. The molecule has 0 saturated carbocycles. The second-order valence-electron chi connectivity index (χ2n) is 5.57. The van der Waals surface area contributed by atoms with E-state index in [4.69, 9.17) is 20.8 Å². The summed E-state index contributed by atoms with van der Waals surface area (Å²) >= 11 is 6.26. The van der Waals surface area contributed by atoms with Gasteiger partial charge in [0.1, 0.15) is 22.9 Å². The van der Waals surface area contributed by atoms with E-state index in [0.29, 0.717) is 23.5 Å². The number of pyridine rings is 1. The second-order valence-corrected chi connectivity index (χ2v) is 5.95. The van der Waals surface area contributed by atoms with Crippen molar-refractivity contribution in [1.82, 2.24) is 4.98 Å². The number of aryl methyl sites for hydroxylation is 1. The number of ether oxygens (including phenoxy) is 1. The fraction of sp³-hybridized carbons (Fsp3) is 0.250. The van der Waals surface area contributed by atoms with Crippen LogP contribution in [0.15, 0.2) is 64.6 Å². The molecule has 0 bridgehead atoms. The van der Waals surface area contributed by atoms with Crippen LogP contribution in [0.4, 0.5) is 0 Å². The lowest BCUT2D eigenvalue weighted by Crippen LogP contribution is -2.06. The Morgan fingerprint density at radius 2 is 1.93 bits per heavy atom. The van der Waals surface area contributed by atoms with Crippen molar-refractivity contribution in [3.05, 3.63) is 76.4 Å². The van der Waals surface area contributed by atoms with Crippen molar-refractivity contribution >= 4 is 11.6 Å². The maximum Gasteiger partial charge on any atom is 0.348 e. The van der Waals surface area contributed by atoms with Gasteiger partial charge in [-0.15, -0.1) is 0 Å². The van der Waals surface area contributed by atoms with Crippen LogP contribution in [-0.4, -0.2) is 16.7 Å². The predicted molar refractivity (Wildman–Crippen MR) is 123 cm³/mol. The van der Waals surface area contributed by atoms with Crippen molar-refractivity contribution < 1.29 is 14.3 Å². The summed E-state index contributed by atoms with van der Waals surface area (Å²) in [7, 11) is 0. The van der Waals surface area contributed by atoms with E-state index >= 15 is 0 Å². The lowest BCUT2D eigenvalue weighted by atomic mass is 10.0. The van der Waals surface area contributed by atoms with Gasteiger partial charge in [-0.1, -0.05) is 58.0 Å². The smallest absolute Gasteiger partial charge is 0.348 e. The number of hydrogen-bond acceptors (Lipinski definition) is 5. The van der Waals surface area contributed by atoms with Crippen molar-refractivity contribution in [3.8, 4) is 33.9 Å². The summed E-state index contributed by atoms with van der Waals surface area (Å²) in [6, 6.07) is 8.52. The standard InChI is InChI=1S/C20H16ClNO4.2C2H6/c1-3-9-25-14-6-7-15(12(2)10-14)16-18(23)17(21)19(26-20(16)24)13-5-4-8-22-11-13;2*1-2/h3-8,10-11,23H,1,9H2,2H3;2*1-2H3. The van der Waals surface area contributed by atoms with Crippen molar-refractivity contribution in [2.75, 3.05) is 6.61 Å². The highest BCUT2D eigenvalue weighted by Crippen LogP contribution is 2.40. The van der Waals surface area contributed by atoms with E-state index in [1.54, 1.807) is 49.5 Å². The maximum atomic E-state index is 12.5. The molecule has 0 saturated heterocycles. The zero-order chi connectivity index (χ0) is 22.7. The van der Waals surface area contributed by atoms with Gasteiger partial charge < -0.3 is 14.3 Å². The topological polar surface area (TPSA) is 72.6 Å². The molecular formula is C24H28ClNO4. The number of aromatic nitrogens is 1.